The van der Waals surface area contributed by atoms with Crippen LogP contribution in [0.1, 0.15) is 31.7 Å². The molecule has 0 bridgehead atoms. The number of urea groups is 1. The number of hydrogen-bond donors (Lipinski definition) is 2. The lowest BCUT2D eigenvalue weighted by atomic mass is 10.2. The summed E-state index contributed by atoms with van der Waals surface area (Å²) < 4.78 is 0. The van der Waals surface area contributed by atoms with Crippen LogP contribution in [0.4, 0.5) is 10.5 Å². The zero-order valence-corrected chi connectivity index (χ0v) is 13.5. The first-order valence-corrected chi connectivity index (χ1v) is 8.03. The molecule has 0 aromatic heterocycles. The number of benzene rings is 1. The zero-order valence-electron chi connectivity index (χ0n) is 12.8. The minimum atomic E-state index is -0.0505. The average Bonchev–Trinajstić information content (AvgIpc) is 2.95. The fourth-order valence-corrected chi connectivity index (χ4v) is 2.78. The van der Waals surface area contributed by atoms with E-state index in [1.54, 1.807) is 6.07 Å². The van der Waals surface area contributed by atoms with Crippen molar-refractivity contribution in [1.82, 2.24) is 10.2 Å². The predicted octanol–water partition coefficient (Wildman–Crippen LogP) is 3.64. The van der Waals surface area contributed by atoms with Crippen LogP contribution in [0.3, 0.4) is 0 Å². The fourth-order valence-electron chi connectivity index (χ4n) is 2.60. The highest BCUT2D eigenvalue weighted by molar-refractivity contribution is 6.31. The van der Waals surface area contributed by atoms with Crippen LogP contribution in [-0.4, -0.2) is 36.6 Å². The largest absolute Gasteiger partial charge is 0.323 e. The molecule has 21 heavy (non-hydrogen) atoms. The second-order valence-corrected chi connectivity index (χ2v) is 6.04. The van der Waals surface area contributed by atoms with Crippen LogP contribution in [0.25, 0.3) is 0 Å². The predicted molar refractivity (Wildman–Crippen MR) is 88.1 cm³/mol. The Labute approximate surface area is 131 Å². The molecular weight excluding hydrogens is 286 g/mol. The maximum absolute atomic E-state index is 12.4. The van der Waals surface area contributed by atoms with Crippen LogP contribution < -0.4 is 10.6 Å². The minimum Gasteiger partial charge on any atom is -0.323 e. The summed E-state index contributed by atoms with van der Waals surface area (Å²) in [5.41, 5.74) is 1.76. The molecular formula is C16H24ClN3O. The summed E-state index contributed by atoms with van der Waals surface area (Å²) in [6, 6.07) is 5.97. The Morgan fingerprint density at radius 2 is 2.33 bits per heavy atom. The summed E-state index contributed by atoms with van der Waals surface area (Å²) in [5.74, 6) is 0. The molecule has 1 aromatic rings. The number of anilines is 1. The molecule has 1 fully saturated rings. The van der Waals surface area contributed by atoms with Crippen molar-refractivity contribution in [2.75, 3.05) is 25.0 Å². The number of nitrogens with one attached hydrogen (secondary N) is 2. The second-order valence-electron chi connectivity index (χ2n) is 5.63. The van der Waals surface area contributed by atoms with Crippen molar-refractivity contribution in [2.45, 2.75) is 39.2 Å². The first-order valence-electron chi connectivity index (χ1n) is 7.65. The number of aryl methyl sites for hydroxylation is 1. The van der Waals surface area contributed by atoms with Gasteiger partial charge in [0.25, 0.3) is 0 Å². The monoisotopic (exact) mass is 309 g/mol. The molecule has 0 aliphatic carbocycles. The average molecular weight is 310 g/mol. The lowest BCUT2D eigenvalue weighted by molar-refractivity contribution is 0.206. The van der Waals surface area contributed by atoms with Gasteiger partial charge in [-0.3, -0.25) is 0 Å². The van der Waals surface area contributed by atoms with E-state index in [-0.39, 0.29) is 6.03 Å². The van der Waals surface area contributed by atoms with Gasteiger partial charge in [0.15, 0.2) is 0 Å². The van der Waals surface area contributed by atoms with Gasteiger partial charge < -0.3 is 15.5 Å². The molecule has 0 spiro atoms. The van der Waals surface area contributed by atoms with E-state index in [0.29, 0.717) is 11.1 Å². The molecule has 0 saturated carbocycles. The van der Waals surface area contributed by atoms with Crippen molar-refractivity contribution in [2.24, 2.45) is 0 Å². The smallest absolute Gasteiger partial charge is 0.321 e. The molecule has 1 saturated heterocycles. The van der Waals surface area contributed by atoms with E-state index in [1.807, 2.05) is 24.0 Å². The number of carbonyl (C=O) groups is 1. The zero-order chi connectivity index (χ0) is 15.2. The van der Waals surface area contributed by atoms with Crippen LogP contribution in [0.2, 0.25) is 5.02 Å². The molecule has 1 heterocycles. The third-order valence-corrected chi connectivity index (χ3v) is 4.21. The van der Waals surface area contributed by atoms with Gasteiger partial charge in [-0.1, -0.05) is 24.6 Å². The lowest BCUT2D eigenvalue weighted by Crippen LogP contribution is -2.43. The number of carbonyl (C=O) groups excluding carboxylic acids is 1. The third kappa shape index (κ3) is 4.61. The Hall–Kier alpha value is -1.26. The number of nitrogens with zero attached hydrogens (tertiary/aromatic N) is 1. The normalized spacial score (nSPS) is 17.8. The van der Waals surface area contributed by atoms with Crippen LogP contribution in [0.5, 0.6) is 0 Å². The molecule has 1 atom stereocenters. The van der Waals surface area contributed by atoms with Gasteiger partial charge in [0.05, 0.1) is 0 Å². The van der Waals surface area contributed by atoms with E-state index in [0.717, 1.165) is 43.7 Å². The Morgan fingerprint density at radius 3 is 2.95 bits per heavy atom. The quantitative estimate of drug-likeness (QED) is 0.872. The minimum absolute atomic E-state index is 0.0505. The van der Waals surface area contributed by atoms with Gasteiger partial charge in [-0.2, -0.15) is 0 Å². The molecule has 2 rings (SSSR count). The molecule has 1 unspecified atom stereocenters. The van der Waals surface area contributed by atoms with Crippen LogP contribution in [-0.2, 0) is 0 Å². The topological polar surface area (TPSA) is 44.4 Å². The van der Waals surface area contributed by atoms with Gasteiger partial charge >= 0.3 is 6.03 Å². The maximum atomic E-state index is 12.4. The number of rotatable bonds is 5. The highest BCUT2D eigenvalue weighted by atomic mass is 35.5. The molecule has 2 amide bonds. The molecule has 4 nitrogen and oxygen atoms in total. The van der Waals surface area contributed by atoms with Gasteiger partial charge in [0, 0.05) is 29.8 Å². The van der Waals surface area contributed by atoms with Gasteiger partial charge in [-0.15, -0.1) is 0 Å². The fraction of sp³-hybridized carbons (Fsp3) is 0.562. The molecule has 1 aliphatic rings. The van der Waals surface area contributed by atoms with Gasteiger partial charge in [-0.05, 0) is 50.4 Å². The van der Waals surface area contributed by atoms with Gasteiger partial charge in [-0.25, -0.2) is 4.79 Å². The van der Waals surface area contributed by atoms with E-state index in [4.69, 9.17) is 11.6 Å². The van der Waals surface area contributed by atoms with E-state index >= 15 is 0 Å². The second kappa shape index (κ2) is 7.66. The van der Waals surface area contributed by atoms with Crippen LogP contribution in [0, 0.1) is 6.92 Å². The molecule has 1 aromatic carbocycles. The lowest BCUT2D eigenvalue weighted by Gasteiger charge is -2.26. The van der Waals surface area contributed by atoms with Crippen molar-refractivity contribution >= 4 is 23.3 Å². The number of hydrogen-bond acceptors (Lipinski definition) is 2. The van der Waals surface area contributed by atoms with E-state index in [1.165, 1.54) is 6.42 Å². The maximum Gasteiger partial charge on any atom is 0.321 e. The summed E-state index contributed by atoms with van der Waals surface area (Å²) in [4.78, 5) is 14.3. The highest BCUT2D eigenvalue weighted by Crippen LogP contribution is 2.20. The Kier molecular flexibility index (Phi) is 5.88. The molecule has 0 radical (unpaired) electrons. The van der Waals surface area contributed by atoms with E-state index in [9.17, 15) is 4.79 Å². The Bertz CT molecular complexity index is 486. The summed E-state index contributed by atoms with van der Waals surface area (Å²) in [7, 11) is 0. The van der Waals surface area contributed by atoms with Crippen LogP contribution >= 0.6 is 11.6 Å². The van der Waals surface area contributed by atoms with E-state index < -0.39 is 0 Å². The molecule has 116 valence electrons. The first-order chi connectivity index (χ1) is 10.1. The van der Waals surface area contributed by atoms with Crippen molar-refractivity contribution in [1.29, 1.82) is 0 Å². The SMILES string of the molecule is CCCN(CC1CCCN1)C(=O)Nc1ccc(C)c(Cl)c1. The van der Waals surface area contributed by atoms with Gasteiger partial charge in [0.1, 0.15) is 0 Å². The van der Waals surface area contributed by atoms with Crippen LogP contribution in [0.15, 0.2) is 18.2 Å². The standard InChI is InChI=1S/C16H24ClN3O/c1-3-9-20(11-14-5-4-8-18-14)16(21)19-13-7-6-12(2)15(17)10-13/h6-7,10,14,18H,3-5,8-9,11H2,1-2H3,(H,19,21). The Balaban J connectivity index is 1.98. The summed E-state index contributed by atoms with van der Waals surface area (Å²) in [6.07, 6.45) is 3.29. The third-order valence-electron chi connectivity index (χ3n) is 3.81. The Morgan fingerprint density at radius 1 is 1.52 bits per heavy atom. The van der Waals surface area contributed by atoms with E-state index in [2.05, 4.69) is 17.6 Å². The number of halogens is 1. The number of amides is 2. The molecule has 5 heteroatoms. The van der Waals surface area contributed by atoms with Crippen molar-refractivity contribution in [3.8, 4) is 0 Å². The summed E-state index contributed by atoms with van der Waals surface area (Å²) in [5, 5.41) is 7.06. The van der Waals surface area contributed by atoms with Gasteiger partial charge in [0.2, 0.25) is 0 Å². The van der Waals surface area contributed by atoms with Crippen molar-refractivity contribution in [3.63, 3.8) is 0 Å². The highest BCUT2D eigenvalue weighted by Gasteiger charge is 2.21. The molecule has 2 N–H and O–H groups in total. The van der Waals surface area contributed by atoms with Crippen molar-refractivity contribution in [3.05, 3.63) is 28.8 Å². The summed E-state index contributed by atoms with van der Waals surface area (Å²) in [6.45, 7) is 6.62. The molecule has 1 aliphatic heterocycles. The van der Waals surface area contributed by atoms with Crippen molar-refractivity contribution < 1.29 is 4.79 Å². The first kappa shape index (κ1) is 16.1. The summed E-state index contributed by atoms with van der Waals surface area (Å²) >= 11 is 6.10.